The van der Waals surface area contributed by atoms with Crippen molar-refractivity contribution in [3.63, 3.8) is 0 Å². The van der Waals surface area contributed by atoms with Crippen molar-refractivity contribution >= 4 is 29.2 Å². The minimum absolute atomic E-state index is 0.0187. The topological polar surface area (TPSA) is 85.2 Å². The van der Waals surface area contributed by atoms with Crippen LogP contribution in [-0.2, 0) is 10.2 Å². The van der Waals surface area contributed by atoms with Crippen molar-refractivity contribution in [3.05, 3.63) is 59.7 Å². The molecule has 4 N–H and O–H groups in total. The number of rotatable bonds is 4. The lowest BCUT2D eigenvalue weighted by Crippen LogP contribution is -2.40. The zero-order valence-electron chi connectivity index (χ0n) is 13.7. The van der Waals surface area contributed by atoms with Gasteiger partial charge in [0, 0.05) is 23.2 Å². The molecule has 1 saturated carbocycles. The van der Waals surface area contributed by atoms with Crippen molar-refractivity contribution in [3.8, 4) is 5.75 Å². The highest BCUT2D eigenvalue weighted by molar-refractivity contribution is 6.09. The lowest BCUT2D eigenvalue weighted by Gasteiger charge is -2.36. The molecule has 4 rings (SSSR count). The number of benzene rings is 2. The van der Waals surface area contributed by atoms with Gasteiger partial charge in [0.15, 0.2) is 0 Å². The van der Waals surface area contributed by atoms with E-state index in [1.807, 2.05) is 36.4 Å². The summed E-state index contributed by atoms with van der Waals surface area (Å²) in [6, 6.07) is 13.2. The van der Waals surface area contributed by atoms with E-state index in [-0.39, 0.29) is 11.7 Å². The van der Waals surface area contributed by atoms with E-state index >= 15 is 0 Å². The third-order valence-electron chi connectivity index (χ3n) is 5.13. The number of carbonyl (C=O) groups is 1. The number of allylic oxidation sites excluding steroid dienone is 1. The van der Waals surface area contributed by atoms with Gasteiger partial charge in [-0.3, -0.25) is 4.79 Å². The monoisotopic (exact) mass is 333 g/mol. The maximum Gasteiger partial charge on any atom is 0.235 e. The van der Waals surface area contributed by atoms with Gasteiger partial charge in [0.1, 0.15) is 5.75 Å². The first kappa shape index (κ1) is 15.4. The minimum atomic E-state index is -0.495. The van der Waals surface area contributed by atoms with E-state index in [9.17, 15) is 9.90 Å². The Hall–Kier alpha value is -3.08. The quantitative estimate of drug-likeness (QED) is 0.506. The van der Waals surface area contributed by atoms with E-state index in [4.69, 9.17) is 5.41 Å². The van der Waals surface area contributed by atoms with Gasteiger partial charge in [-0.15, -0.1) is 0 Å². The number of phenolic OH excluding ortho intramolecular Hbond substituents is 1. The Morgan fingerprint density at radius 3 is 2.64 bits per heavy atom. The molecule has 1 amide bonds. The smallest absolute Gasteiger partial charge is 0.235 e. The maximum atomic E-state index is 12.4. The number of aromatic hydroxyl groups is 1. The Balaban J connectivity index is 1.77. The summed E-state index contributed by atoms with van der Waals surface area (Å²) in [5.41, 5.74) is 3.25. The highest BCUT2D eigenvalue weighted by Crippen LogP contribution is 2.54. The van der Waals surface area contributed by atoms with E-state index in [2.05, 4.69) is 10.6 Å². The molecule has 1 spiro atoms. The van der Waals surface area contributed by atoms with Crippen LogP contribution in [0.2, 0.25) is 0 Å². The summed E-state index contributed by atoms with van der Waals surface area (Å²) in [6.07, 6.45) is 5.49. The summed E-state index contributed by atoms with van der Waals surface area (Å²) >= 11 is 0. The average Bonchev–Trinajstić information content (AvgIpc) is 2.88. The third-order valence-corrected chi connectivity index (χ3v) is 5.13. The lowest BCUT2D eigenvalue weighted by atomic mass is 9.65. The van der Waals surface area contributed by atoms with Crippen LogP contribution in [0.1, 0.15) is 30.4 Å². The van der Waals surface area contributed by atoms with E-state index < -0.39 is 5.41 Å². The fraction of sp³-hybridized carbons (Fsp3) is 0.200. The van der Waals surface area contributed by atoms with Crippen molar-refractivity contribution in [1.29, 1.82) is 5.41 Å². The Labute approximate surface area is 145 Å². The van der Waals surface area contributed by atoms with Gasteiger partial charge in [-0.25, -0.2) is 0 Å². The van der Waals surface area contributed by atoms with Gasteiger partial charge < -0.3 is 21.1 Å². The van der Waals surface area contributed by atoms with Gasteiger partial charge in [0.05, 0.1) is 11.1 Å². The molecule has 5 heteroatoms. The molecule has 25 heavy (non-hydrogen) atoms. The number of nitrogens with one attached hydrogen (secondary N) is 3. The van der Waals surface area contributed by atoms with Gasteiger partial charge in [-0.05, 0) is 48.7 Å². The predicted molar refractivity (Wildman–Crippen MR) is 99.1 cm³/mol. The number of hydrogen-bond acceptors (Lipinski definition) is 4. The molecule has 5 nitrogen and oxygen atoms in total. The van der Waals surface area contributed by atoms with E-state index in [1.54, 1.807) is 12.1 Å². The van der Waals surface area contributed by atoms with Gasteiger partial charge in [-0.2, -0.15) is 0 Å². The number of carbonyl (C=O) groups excluding carboxylic acids is 1. The molecule has 2 aliphatic rings. The summed E-state index contributed by atoms with van der Waals surface area (Å²) in [6.45, 7) is 0. The first-order valence-electron chi connectivity index (χ1n) is 8.36. The van der Waals surface area contributed by atoms with Crippen molar-refractivity contribution < 1.29 is 9.90 Å². The highest BCUT2D eigenvalue weighted by Gasteiger charge is 2.52. The summed E-state index contributed by atoms with van der Waals surface area (Å²) in [7, 11) is 0. The first-order chi connectivity index (χ1) is 12.1. The Morgan fingerprint density at radius 1 is 1.24 bits per heavy atom. The number of amides is 1. The Bertz CT molecular complexity index is 883. The van der Waals surface area contributed by atoms with Gasteiger partial charge in [0.25, 0.3) is 0 Å². The average molecular weight is 333 g/mol. The fourth-order valence-corrected chi connectivity index (χ4v) is 3.64. The fourth-order valence-electron chi connectivity index (χ4n) is 3.64. The summed E-state index contributed by atoms with van der Waals surface area (Å²) in [5.74, 6) is 0.0465. The lowest BCUT2D eigenvalue weighted by molar-refractivity contribution is -0.123. The van der Waals surface area contributed by atoms with Crippen LogP contribution in [0.25, 0.3) is 5.70 Å². The van der Waals surface area contributed by atoms with Gasteiger partial charge in [-0.1, -0.05) is 24.6 Å². The van der Waals surface area contributed by atoms with Gasteiger partial charge >= 0.3 is 0 Å². The molecule has 1 aliphatic carbocycles. The van der Waals surface area contributed by atoms with Crippen LogP contribution < -0.4 is 10.6 Å². The molecule has 0 aromatic heterocycles. The highest BCUT2D eigenvalue weighted by atomic mass is 16.3. The van der Waals surface area contributed by atoms with Crippen molar-refractivity contribution in [2.24, 2.45) is 0 Å². The maximum absolute atomic E-state index is 12.4. The zero-order valence-corrected chi connectivity index (χ0v) is 13.7. The van der Waals surface area contributed by atoms with Crippen molar-refractivity contribution in [2.45, 2.75) is 24.7 Å². The molecule has 0 atom stereocenters. The van der Waals surface area contributed by atoms with Crippen LogP contribution >= 0.6 is 0 Å². The number of anilines is 2. The molecule has 0 bridgehead atoms. The van der Waals surface area contributed by atoms with Crippen LogP contribution in [0.15, 0.2) is 48.5 Å². The van der Waals surface area contributed by atoms with E-state index in [0.717, 1.165) is 36.1 Å². The van der Waals surface area contributed by atoms with Crippen LogP contribution in [0.4, 0.5) is 11.4 Å². The molecule has 1 fully saturated rings. The molecule has 0 saturated heterocycles. The van der Waals surface area contributed by atoms with Crippen LogP contribution in [0.3, 0.4) is 0 Å². The molecule has 2 aromatic carbocycles. The minimum Gasteiger partial charge on any atom is -0.506 e. The molecule has 0 unspecified atom stereocenters. The second-order valence-corrected chi connectivity index (χ2v) is 6.55. The summed E-state index contributed by atoms with van der Waals surface area (Å²) in [4.78, 5) is 12.4. The molecule has 1 aliphatic heterocycles. The standard InChI is InChI=1S/C20H19N3O2/c21-10-7-16(22-14-5-2-1-3-6-14)13-11-15-18(17(24)12-13)23-19(25)20(15)8-4-9-20/h1-3,5-7,10-12,21-22,24H,4,8-9H2,(H,23,25)/b16-7-,21-10?. The Morgan fingerprint density at radius 2 is 2.00 bits per heavy atom. The summed E-state index contributed by atoms with van der Waals surface area (Å²) in [5, 5.41) is 24.0. The zero-order chi connectivity index (χ0) is 17.4. The molecule has 1 heterocycles. The molecule has 2 aromatic rings. The number of fused-ring (bicyclic) bond motifs is 2. The van der Waals surface area contributed by atoms with Gasteiger partial charge in [0.2, 0.25) is 5.91 Å². The SMILES string of the molecule is N=C/C=C(\Nc1ccccc1)c1cc(O)c2c(c1)C1(CCC1)C(=O)N2. The van der Waals surface area contributed by atoms with Crippen LogP contribution in [0, 0.1) is 5.41 Å². The molecule has 0 radical (unpaired) electrons. The normalized spacial score (nSPS) is 17.6. The third kappa shape index (κ3) is 2.39. The largest absolute Gasteiger partial charge is 0.506 e. The van der Waals surface area contributed by atoms with Crippen molar-refractivity contribution in [1.82, 2.24) is 0 Å². The number of phenols is 1. The molecular formula is C20H19N3O2. The number of para-hydroxylation sites is 1. The number of hydrogen-bond donors (Lipinski definition) is 4. The predicted octanol–water partition coefficient (Wildman–Crippen LogP) is 3.87. The van der Waals surface area contributed by atoms with Crippen molar-refractivity contribution in [2.75, 3.05) is 10.6 Å². The van der Waals surface area contributed by atoms with Crippen LogP contribution in [-0.4, -0.2) is 17.2 Å². The van der Waals surface area contributed by atoms with E-state index in [0.29, 0.717) is 11.4 Å². The summed E-state index contributed by atoms with van der Waals surface area (Å²) < 4.78 is 0. The molecule has 126 valence electrons. The first-order valence-corrected chi connectivity index (χ1v) is 8.36. The second kappa shape index (κ2) is 5.77. The Kier molecular flexibility index (Phi) is 3.57. The van der Waals surface area contributed by atoms with E-state index in [1.165, 1.54) is 6.21 Å². The molecular weight excluding hydrogens is 314 g/mol. The van der Waals surface area contributed by atoms with Crippen LogP contribution in [0.5, 0.6) is 5.75 Å². The second-order valence-electron chi connectivity index (χ2n) is 6.55.